The van der Waals surface area contributed by atoms with E-state index in [1.165, 1.54) is 18.3 Å². The van der Waals surface area contributed by atoms with E-state index in [0.717, 1.165) is 54.7 Å². The van der Waals surface area contributed by atoms with Crippen LogP contribution in [0, 0.1) is 5.82 Å². The Morgan fingerprint density at radius 3 is 2.32 bits per heavy atom. The molecule has 2 aliphatic heterocycles. The molecule has 0 bridgehead atoms. The number of carbonyl (C=O) groups excluding carboxylic acids is 3. The fraction of sp³-hybridized carbons (Fsp3) is 0.444. The number of carbonyl (C=O) groups is 3. The van der Waals surface area contributed by atoms with Crippen molar-refractivity contribution in [2.24, 2.45) is 0 Å². The molecule has 0 spiro atoms. The van der Waals surface area contributed by atoms with E-state index < -0.39 is 29.4 Å². The van der Waals surface area contributed by atoms with Crippen LogP contribution >= 0.6 is 11.3 Å². The fourth-order valence-corrected chi connectivity index (χ4v) is 5.50. The first-order chi connectivity index (χ1) is 18.1. The van der Waals surface area contributed by atoms with Crippen LogP contribution in [-0.2, 0) is 15.8 Å². The van der Waals surface area contributed by atoms with Crippen molar-refractivity contribution in [3.05, 3.63) is 63.1 Å². The molecular formula is C27H29F4N3O3S. The summed E-state index contributed by atoms with van der Waals surface area (Å²) in [6.07, 6.45) is -1.04. The van der Waals surface area contributed by atoms with Crippen molar-refractivity contribution in [2.75, 3.05) is 37.6 Å². The molecule has 3 heterocycles. The van der Waals surface area contributed by atoms with Crippen LogP contribution in [-0.4, -0.2) is 60.2 Å². The molecule has 0 unspecified atom stereocenters. The van der Waals surface area contributed by atoms with Crippen LogP contribution < -0.4 is 4.90 Å². The van der Waals surface area contributed by atoms with Crippen LogP contribution in [0.1, 0.15) is 54.3 Å². The van der Waals surface area contributed by atoms with E-state index in [4.69, 9.17) is 0 Å². The number of thiophene rings is 1. The number of hydrogen-bond acceptors (Lipinski definition) is 5. The highest BCUT2D eigenvalue weighted by molar-refractivity contribution is 7.12. The lowest BCUT2D eigenvalue weighted by molar-refractivity contribution is -0.140. The maximum absolute atomic E-state index is 14.0. The number of amides is 3. The number of nitrogens with zero attached hydrogens (tertiary/aromatic N) is 3. The number of rotatable bonds is 9. The number of anilines is 1. The highest BCUT2D eigenvalue weighted by atomic mass is 32.1. The Morgan fingerprint density at radius 2 is 1.68 bits per heavy atom. The lowest BCUT2D eigenvalue weighted by Gasteiger charge is -2.34. The summed E-state index contributed by atoms with van der Waals surface area (Å²) in [5, 5.41) is 1.90. The Morgan fingerprint density at radius 1 is 0.974 bits per heavy atom. The van der Waals surface area contributed by atoms with Gasteiger partial charge in [-0.1, -0.05) is 18.9 Å². The van der Waals surface area contributed by atoms with Gasteiger partial charge in [0.25, 0.3) is 17.7 Å². The number of hydrogen-bond donors (Lipinski definition) is 0. The average Bonchev–Trinajstić information content (AvgIpc) is 3.48. The van der Waals surface area contributed by atoms with Crippen LogP contribution in [0.3, 0.4) is 0 Å². The molecular weight excluding hydrogens is 522 g/mol. The molecule has 1 aromatic carbocycles. The molecule has 0 N–H and O–H groups in total. The van der Waals surface area contributed by atoms with E-state index in [0.29, 0.717) is 43.6 Å². The van der Waals surface area contributed by atoms with E-state index in [9.17, 15) is 31.9 Å². The van der Waals surface area contributed by atoms with Gasteiger partial charge in [-0.25, -0.2) is 9.29 Å². The zero-order valence-corrected chi connectivity index (χ0v) is 21.8. The van der Waals surface area contributed by atoms with Crippen molar-refractivity contribution in [3.63, 3.8) is 0 Å². The molecule has 11 heteroatoms. The van der Waals surface area contributed by atoms with Gasteiger partial charge >= 0.3 is 6.18 Å². The lowest BCUT2D eigenvalue weighted by Crippen LogP contribution is -2.48. The summed E-state index contributed by atoms with van der Waals surface area (Å²) in [6.45, 7) is 5.52. The first kappa shape index (κ1) is 28.0. The summed E-state index contributed by atoms with van der Waals surface area (Å²) in [5.74, 6) is -2.69. The zero-order valence-electron chi connectivity index (χ0n) is 21.0. The Kier molecular flexibility index (Phi) is 8.67. The molecule has 204 valence electrons. The molecule has 0 atom stereocenters. The molecule has 0 saturated carbocycles. The van der Waals surface area contributed by atoms with Crippen LogP contribution in [0.4, 0.5) is 23.2 Å². The van der Waals surface area contributed by atoms with Crippen molar-refractivity contribution in [2.45, 2.75) is 45.2 Å². The van der Waals surface area contributed by atoms with Gasteiger partial charge in [-0.15, -0.1) is 11.3 Å². The molecule has 2 aliphatic rings. The highest BCUT2D eigenvalue weighted by Crippen LogP contribution is 2.35. The van der Waals surface area contributed by atoms with E-state index in [2.05, 4.69) is 4.90 Å². The molecule has 6 nitrogen and oxygen atoms in total. The number of piperazine rings is 1. The Hall–Kier alpha value is -3.05. The number of halogens is 4. The number of imide groups is 1. The van der Waals surface area contributed by atoms with Crippen LogP contribution in [0.15, 0.2) is 46.9 Å². The summed E-state index contributed by atoms with van der Waals surface area (Å²) in [6, 6.07) is 5.78. The quantitative estimate of drug-likeness (QED) is 0.235. The van der Waals surface area contributed by atoms with Gasteiger partial charge in [-0.05, 0) is 62.4 Å². The number of benzene rings is 1. The summed E-state index contributed by atoms with van der Waals surface area (Å²) in [4.78, 5) is 43.7. The summed E-state index contributed by atoms with van der Waals surface area (Å²) >= 11 is 1.45. The minimum Gasteiger partial charge on any atom is -0.335 e. The van der Waals surface area contributed by atoms with Gasteiger partial charge in [0.15, 0.2) is 0 Å². The summed E-state index contributed by atoms with van der Waals surface area (Å²) < 4.78 is 52.6. The monoisotopic (exact) mass is 551 g/mol. The Bertz CT molecular complexity index is 1220. The molecule has 0 aliphatic carbocycles. The predicted octanol–water partition coefficient (Wildman–Crippen LogP) is 5.50. The van der Waals surface area contributed by atoms with Gasteiger partial charge < -0.3 is 4.90 Å². The third kappa shape index (κ3) is 6.15. The zero-order chi connectivity index (χ0) is 27.4. The van der Waals surface area contributed by atoms with Gasteiger partial charge in [0.2, 0.25) is 0 Å². The molecule has 1 fully saturated rings. The van der Waals surface area contributed by atoms with Crippen molar-refractivity contribution < 1.29 is 31.9 Å². The van der Waals surface area contributed by atoms with Crippen molar-refractivity contribution in [1.82, 2.24) is 9.80 Å². The largest absolute Gasteiger partial charge is 0.419 e. The topological polar surface area (TPSA) is 60.9 Å². The van der Waals surface area contributed by atoms with Crippen molar-refractivity contribution in [1.29, 1.82) is 0 Å². The Labute approximate surface area is 222 Å². The number of alkyl halides is 3. The van der Waals surface area contributed by atoms with Gasteiger partial charge in [0, 0.05) is 37.3 Å². The standard InChI is InChI=1S/C27H29F4N3O3S/c1-18-20(25(36)34(24(18)35)19-9-10-21(22(28)17-19)27(29,30)31)7-4-2-3-5-11-32-12-14-33(15-13-32)26(37)23-8-6-16-38-23/h6,8-10,16-17H,2-5,7,11-15H2,1H3. The van der Waals surface area contributed by atoms with Gasteiger partial charge in [-0.3, -0.25) is 19.3 Å². The highest BCUT2D eigenvalue weighted by Gasteiger charge is 2.38. The second-order valence-corrected chi connectivity index (χ2v) is 10.4. The maximum Gasteiger partial charge on any atom is 0.419 e. The molecule has 4 rings (SSSR count). The second kappa shape index (κ2) is 11.8. The average molecular weight is 552 g/mol. The first-order valence-corrected chi connectivity index (χ1v) is 13.5. The van der Waals surface area contributed by atoms with E-state index in [-0.39, 0.29) is 17.2 Å². The molecule has 1 saturated heterocycles. The fourth-order valence-electron chi connectivity index (χ4n) is 4.81. The van der Waals surface area contributed by atoms with E-state index >= 15 is 0 Å². The van der Waals surface area contributed by atoms with Crippen LogP contribution in [0.5, 0.6) is 0 Å². The normalized spacial score (nSPS) is 17.2. The molecule has 1 aromatic heterocycles. The van der Waals surface area contributed by atoms with Gasteiger partial charge in [0.05, 0.1) is 16.1 Å². The maximum atomic E-state index is 14.0. The van der Waals surface area contributed by atoms with E-state index in [1.54, 1.807) is 0 Å². The predicted molar refractivity (Wildman–Crippen MR) is 136 cm³/mol. The third-order valence-electron chi connectivity index (χ3n) is 7.00. The summed E-state index contributed by atoms with van der Waals surface area (Å²) in [5.41, 5.74) is -1.09. The Balaban J connectivity index is 1.19. The van der Waals surface area contributed by atoms with Crippen LogP contribution in [0.25, 0.3) is 0 Å². The second-order valence-electron chi connectivity index (χ2n) is 9.49. The van der Waals surface area contributed by atoms with Crippen molar-refractivity contribution in [3.8, 4) is 0 Å². The van der Waals surface area contributed by atoms with Gasteiger partial charge in [0.1, 0.15) is 5.82 Å². The number of unbranched alkanes of at least 4 members (excludes halogenated alkanes) is 3. The first-order valence-electron chi connectivity index (χ1n) is 12.6. The third-order valence-corrected chi connectivity index (χ3v) is 7.85. The van der Waals surface area contributed by atoms with Crippen molar-refractivity contribution >= 4 is 34.7 Å². The van der Waals surface area contributed by atoms with Crippen LogP contribution in [0.2, 0.25) is 0 Å². The molecule has 3 amide bonds. The van der Waals surface area contributed by atoms with E-state index in [1.807, 2.05) is 22.4 Å². The SMILES string of the molecule is CC1=C(CCCCCCN2CCN(C(=O)c3cccs3)CC2)C(=O)N(c2ccc(C(F)(F)F)c(F)c2)C1=O. The molecule has 0 radical (unpaired) electrons. The lowest BCUT2D eigenvalue weighted by atomic mass is 10.0. The molecule has 38 heavy (non-hydrogen) atoms. The minimum atomic E-state index is -4.86. The van der Waals surface area contributed by atoms with Gasteiger partial charge in [-0.2, -0.15) is 13.2 Å². The minimum absolute atomic E-state index is 0.0891. The molecule has 2 aromatic rings. The summed E-state index contributed by atoms with van der Waals surface area (Å²) in [7, 11) is 0. The smallest absolute Gasteiger partial charge is 0.335 e.